The third kappa shape index (κ3) is 5.80. The molecule has 1 saturated heterocycles. The number of thiazole rings is 1. The summed E-state index contributed by atoms with van der Waals surface area (Å²) in [6.07, 6.45) is -3.80. The van der Waals surface area contributed by atoms with Gasteiger partial charge in [-0.05, 0) is 37.1 Å². The van der Waals surface area contributed by atoms with Gasteiger partial charge in [0.15, 0.2) is 11.8 Å². The van der Waals surface area contributed by atoms with Gasteiger partial charge < -0.3 is 9.74 Å². The first-order chi connectivity index (χ1) is 18.2. The summed E-state index contributed by atoms with van der Waals surface area (Å²) in [4.78, 5) is 24.3. The van der Waals surface area contributed by atoms with E-state index in [0.717, 1.165) is 22.8 Å². The Hall–Kier alpha value is -3.13. The molecule has 0 bridgehead atoms. The lowest BCUT2D eigenvalue weighted by Crippen LogP contribution is -2.38. The van der Waals surface area contributed by atoms with Crippen molar-refractivity contribution in [3.05, 3.63) is 69.3 Å². The molecule has 1 amide bonds. The second-order valence-electron chi connectivity index (χ2n) is 8.74. The molecular formula is C24H20F5N5O2S2. The second kappa shape index (κ2) is 10.9. The SMILES string of the molecule is O=C(CSc1ccc(C(F)(F)F)nn1)N1CCC(c2nc(C3=NOC(c4c(F)cccc4F)C3)cs2)CC1. The maximum atomic E-state index is 14.1. The molecule has 3 aromatic rings. The molecule has 200 valence electrons. The predicted octanol–water partition coefficient (Wildman–Crippen LogP) is 5.59. The third-order valence-corrected chi connectivity index (χ3v) is 8.19. The molecule has 0 spiro atoms. The fraction of sp³-hybridized carbons (Fsp3) is 0.375. The smallest absolute Gasteiger partial charge is 0.387 e. The number of likely N-dealkylation sites (tertiary alicyclic amines) is 1. The maximum absolute atomic E-state index is 14.1. The van der Waals surface area contributed by atoms with Gasteiger partial charge in [0.25, 0.3) is 0 Å². The van der Waals surface area contributed by atoms with Crippen LogP contribution in [0.15, 0.2) is 45.9 Å². The Bertz CT molecular complexity index is 1320. The number of benzene rings is 1. The normalized spacial score (nSPS) is 18.4. The van der Waals surface area contributed by atoms with E-state index in [0.29, 0.717) is 37.3 Å². The lowest BCUT2D eigenvalue weighted by atomic mass is 9.97. The number of thioether (sulfide) groups is 1. The first-order valence-corrected chi connectivity index (χ1v) is 13.5. The molecule has 14 heteroatoms. The molecule has 4 heterocycles. The molecule has 0 saturated carbocycles. The molecule has 5 rings (SSSR count). The molecule has 2 aromatic heterocycles. The zero-order valence-electron chi connectivity index (χ0n) is 19.6. The Morgan fingerprint density at radius 3 is 2.50 bits per heavy atom. The number of hydrogen-bond acceptors (Lipinski definition) is 8. The first-order valence-electron chi connectivity index (χ1n) is 11.6. The van der Waals surface area contributed by atoms with Crippen LogP contribution in [-0.2, 0) is 15.8 Å². The van der Waals surface area contributed by atoms with E-state index in [-0.39, 0.29) is 34.6 Å². The monoisotopic (exact) mass is 569 g/mol. The summed E-state index contributed by atoms with van der Waals surface area (Å²) in [7, 11) is 0. The van der Waals surface area contributed by atoms with Gasteiger partial charge in [-0.2, -0.15) is 13.2 Å². The van der Waals surface area contributed by atoms with Crippen molar-refractivity contribution < 1.29 is 31.6 Å². The van der Waals surface area contributed by atoms with Crippen molar-refractivity contribution in [2.75, 3.05) is 18.8 Å². The van der Waals surface area contributed by atoms with Gasteiger partial charge in [-0.3, -0.25) is 4.79 Å². The third-order valence-electron chi connectivity index (χ3n) is 6.28. The summed E-state index contributed by atoms with van der Waals surface area (Å²) in [5.41, 5.74) is -0.0952. The summed E-state index contributed by atoms with van der Waals surface area (Å²) in [5, 5.41) is 13.7. The van der Waals surface area contributed by atoms with Crippen LogP contribution < -0.4 is 0 Å². The molecule has 0 radical (unpaired) electrons. The highest BCUT2D eigenvalue weighted by atomic mass is 32.2. The predicted molar refractivity (Wildman–Crippen MR) is 130 cm³/mol. The average molecular weight is 570 g/mol. The lowest BCUT2D eigenvalue weighted by molar-refractivity contribution is -0.141. The second-order valence-corrected chi connectivity index (χ2v) is 10.6. The van der Waals surface area contributed by atoms with E-state index in [4.69, 9.17) is 4.84 Å². The van der Waals surface area contributed by atoms with Crippen molar-refractivity contribution in [3.63, 3.8) is 0 Å². The molecule has 1 atom stereocenters. The molecule has 1 aromatic carbocycles. The highest BCUT2D eigenvalue weighted by Gasteiger charge is 2.33. The molecule has 7 nitrogen and oxygen atoms in total. The number of carbonyl (C=O) groups excluding carboxylic acids is 1. The number of aromatic nitrogens is 3. The maximum Gasteiger partial charge on any atom is 0.435 e. The molecular weight excluding hydrogens is 549 g/mol. The Morgan fingerprint density at radius 1 is 1.11 bits per heavy atom. The Balaban J connectivity index is 1.11. The average Bonchev–Trinajstić information content (AvgIpc) is 3.57. The molecule has 1 fully saturated rings. The van der Waals surface area contributed by atoms with Crippen LogP contribution in [0.4, 0.5) is 22.0 Å². The van der Waals surface area contributed by atoms with Gasteiger partial charge in [-0.15, -0.1) is 21.5 Å². The summed E-state index contributed by atoms with van der Waals surface area (Å²) in [5.74, 6) is -1.29. The van der Waals surface area contributed by atoms with Gasteiger partial charge in [0.2, 0.25) is 5.91 Å². The fourth-order valence-corrected chi connectivity index (χ4v) is 5.98. The van der Waals surface area contributed by atoms with E-state index in [1.165, 1.54) is 35.6 Å². The van der Waals surface area contributed by atoms with Crippen LogP contribution in [0.25, 0.3) is 0 Å². The standard InChI is InChI=1S/C24H20F5N5O2S2/c25-14-2-1-3-15(26)22(14)18-10-16(33-36-18)17-11-38-23(30-17)13-6-8-34(9-7-13)21(35)12-37-20-5-4-19(31-32-20)24(27,28)29/h1-5,11,13,18H,6-10,12H2. The van der Waals surface area contributed by atoms with Crippen molar-refractivity contribution in [3.8, 4) is 0 Å². The van der Waals surface area contributed by atoms with Gasteiger partial charge in [-0.25, -0.2) is 13.8 Å². The molecule has 1 unspecified atom stereocenters. The van der Waals surface area contributed by atoms with Gasteiger partial charge >= 0.3 is 6.18 Å². The molecule has 2 aliphatic rings. The molecule has 38 heavy (non-hydrogen) atoms. The largest absolute Gasteiger partial charge is 0.435 e. The highest BCUT2D eigenvalue weighted by molar-refractivity contribution is 7.99. The van der Waals surface area contributed by atoms with Gasteiger partial charge in [0, 0.05) is 30.8 Å². The van der Waals surface area contributed by atoms with Crippen LogP contribution in [0.5, 0.6) is 0 Å². The first kappa shape index (κ1) is 26.5. The number of alkyl halides is 3. The minimum atomic E-state index is -4.56. The van der Waals surface area contributed by atoms with Crippen molar-refractivity contribution in [2.24, 2.45) is 5.16 Å². The van der Waals surface area contributed by atoms with Crippen molar-refractivity contribution in [1.29, 1.82) is 0 Å². The number of oxime groups is 1. The van der Waals surface area contributed by atoms with E-state index >= 15 is 0 Å². The van der Waals surface area contributed by atoms with Gasteiger partial charge in [0.1, 0.15) is 22.4 Å². The zero-order chi connectivity index (χ0) is 26.9. The number of carbonyl (C=O) groups is 1. The van der Waals surface area contributed by atoms with E-state index in [9.17, 15) is 26.7 Å². The minimum absolute atomic E-state index is 0.0513. The number of amides is 1. The highest BCUT2D eigenvalue weighted by Crippen LogP contribution is 2.35. The van der Waals surface area contributed by atoms with E-state index in [1.807, 2.05) is 5.38 Å². The molecule has 0 aliphatic carbocycles. The Labute approximate surface area is 222 Å². The summed E-state index contributed by atoms with van der Waals surface area (Å²) < 4.78 is 66.0. The van der Waals surface area contributed by atoms with Gasteiger partial charge in [0.05, 0.1) is 22.0 Å². The molecule has 0 N–H and O–H groups in total. The van der Waals surface area contributed by atoms with Crippen LogP contribution in [0.3, 0.4) is 0 Å². The van der Waals surface area contributed by atoms with E-state index in [1.54, 1.807) is 4.90 Å². The van der Waals surface area contributed by atoms with Crippen LogP contribution in [0, 0.1) is 11.6 Å². The minimum Gasteiger partial charge on any atom is -0.387 e. The Morgan fingerprint density at radius 2 is 1.84 bits per heavy atom. The lowest BCUT2D eigenvalue weighted by Gasteiger charge is -2.31. The summed E-state index contributed by atoms with van der Waals surface area (Å²) in [6.45, 7) is 1.05. The van der Waals surface area contributed by atoms with Crippen molar-refractivity contribution in [2.45, 2.75) is 42.5 Å². The zero-order valence-corrected chi connectivity index (χ0v) is 21.3. The quantitative estimate of drug-likeness (QED) is 0.284. The van der Waals surface area contributed by atoms with E-state index in [2.05, 4.69) is 20.3 Å². The number of rotatable bonds is 6. The summed E-state index contributed by atoms with van der Waals surface area (Å²) in [6, 6.07) is 5.70. The van der Waals surface area contributed by atoms with Crippen molar-refractivity contribution in [1.82, 2.24) is 20.1 Å². The number of nitrogens with zero attached hydrogens (tertiary/aromatic N) is 5. The number of halogens is 5. The topological polar surface area (TPSA) is 80.6 Å². The van der Waals surface area contributed by atoms with Crippen LogP contribution >= 0.6 is 23.1 Å². The van der Waals surface area contributed by atoms with Crippen LogP contribution in [-0.4, -0.2) is 50.5 Å². The van der Waals surface area contributed by atoms with Crippen LogP contribution in [0.2, 0.25) is 0 Å². The summed E-state index contributed by atoms with van der Waals surface area (Å²) >= 11 is 2.51. The van der Waals surface area contributed by atoms with E-state index < -0.39 is 29.6 Å². The van der Waals surface area contributed by atoms with Gasteiger partial charge in [-0.1, -0.05) is 23.0 Å². The molecule has 2 aliphatic heterocycles. The Kier molecular flexibility index (Phi) is 7.61. The number of piperidine rings is 1. The number of hydrogen-bond donors (Lipinski definition) is 0. The fourth-order valence-electron chi connectivity index (χ4n) is 4.26. The van der Waals surface area contributed by atoms with Crippen molar-refractivity contribution >= 4 is 34.7 Å². The van der Waals surface area contributed by atoms with Crippen LogP contribution in [0.1, 0.15) is 53.2 Å².